The van der Waals surface area contributed by atoms with Gasteiger partial charge in [0.2, 0.25) is 0 Å². The van der Waals surface area contributed by atoms with Crippen LogP contribution in [0.5, 0.6) is 0 Å². The number of nitrogens with zero attached hydrogens (tertiary/aromatic N) is 2. The predicted molar refractivity (Wildman–Crippen MR) is 67.8 cm³/mol. The summed E-state index contributed by atoms with van der Waals surface area (Å²) in [5.41, 5.74) is 1.37. The van der Waals surface area contributed by atoms with E-state index in [-0.39, 0.29) is 0 Å². The fourth-order valence-corrected chi connectivity index (χ4v) is 1.78. The van der Waals surface area contributed by atoms with Crippen molar-refractivity contribution in [1.29, 1.82) is 0 Å². The second-order valence-electron chi connectivity index (χ2n) is 4.20. The lowest BCUT2D eigenvalue weighted by atomic mass is 10.0. The SMILES string of the molecule is CC(CNCCc1ncn[nH]1)c1ccccc1. The molecule has 17 heavy (non-hydrogen) atoms. The van der Waals surface area contributed by atoms with Gasteiger partial charge in [-0.15, -0.1) is 0 Å². The molecule has 1 aromatic heterocycles. The van der Waals surface area contributed by atoms with Crippen molar-refractivity contribution < 1.29 is 0 Å². The topological polar surface area (TPSA) is 53.6 Å². The van der Waals surface area contributed by atoms with Gasteiger partial charge in [0, 0.05) is 19.5 Å². The van der Waals surface area contributed by atoms with E-state index < -0.39 is 0 Å². The van der Waals surface area contributed by atoms with E-state index in [0.717, 1.165) is 25.3 Å². The van der Waals surface area contributed by atoms with Crippen LogP contribution in [0.3, 0.4) is 0 Å². The summed E-state index contributed by atoms with van der Waals surface area (Å²) in [6.07, 6.45) is 2.43. The molecular weight excluding hydrogens is 212 g/mol. The lowest BCUT2D eigenvalue weighted by molar-refractivity contribution is 0.608. The summed E-state index contributed by atoms with van der Waals surface area (Å²) < 4.78 is 0. The third-order valence-electron chi connectivity index (χ3n) is 2.82. The maximum atomic E-state index is 4.08. The van der Waals surface area contributed by atoms with Crippen LogP contribution in [-0.4, -0.2) is 28.3 Å². The second kappa shape index (κ2) is 6.15. The van der Waals surface area contributed by atoms with Crippen LogP contribution in [0.2, 0.25) is 0 Å². The molecule has 1 atom stereocenters. The first kappa shape index (κ1) is 11.8. The third-order valence-corrected chi connectivity index (χ3v) is 2.82. The summed E-state index contributed by atoms with van der Waals surface area (Å²) in [7, 11) is 0. The van der Waals surface area contributed by atoms with Gasteiger partial charge in [0.1, 0.15) is 12.2 Å². The van der Waals surface area contributed by atoms with E-state index in [1.807, 2.05) is 6.07 Å². The van der Waals surface area contributed by atoms with Crippen molar-refractivity contribution >= 4 is 0 Å². The summed E-state index contributed by atoms with van der Waals surface area (Å²) >= 11 is 0. The zero-order valence-electron chi connectivity index (χ0n) is 10.1. The van der Waals surface area contributed by atoms with Crippen LogP contribution in [0.4, 0.5) is 0 Å². The van der Waals surface area contributed by atoms with E-state index in [1.165, 1.54) is 5.56 Å². The maximum absolute atomic E-state index is 4.08. The third kappa shape index (κ3) is 3.67. The van der Waals surface area contributed by atoms with Gasteiger partial charge in [-0.1, -0.05) is 37.3 Å². The summed E-state index contributed by atoms with van der Waals surface area (Å²) in [4.78, 5) is 4.08. The molecule has 1 heterocycles. The van der Waals surface area contributed by atoms with Crippen LogP contribution in [0.25, 0.3) is 0 Å². The molecule has 2 aromatic rings. The molecule has 2 rings (SSSR count). The molecule has 0 fully saturated rings. The van der Waals surface area contributed by atoms with Crippen LogP contribution in [-0.2, 0) is 6.42 Å². The number of rotatable bonds is 6. The van der Waals surface area contributed by atoms with Crippen LogP contribution in [0, 0.1) is 0 Å². The highest BCUT2D eigenvalue weighted by molar-refractivity contribution is 5.18. The molecule has 0 aliphatic heterocycles. The van der Waals surface area contributed by atoms with Gasteiger partial charge < -0.3 is 5.32 Å². The summed E-state index contributed by atoms with van der Waals surface area (Å²) in [5.74, 6) is 1.47. The van der Waals surface area contributed by atoms with Gasteiger partial charge in [-0.05, 0) is 11.5 Å². The average Bonchev–Trinajstić information content (AvgIpc) is 2.88. The average molecular weight is 230 g/mol. The summed E-state index contributed by atoms with van der Waals surface area (Å²) in [6.45, 7) is 4.14. The van der Waals surface area contributed by atoms with Crippen molar-refractivity contribution in [3.8, 4) is 0 Å². The van der Waals surface area contributed by atoms with Crippen LogP contribution >= 0.6 is 0 Å². The fraction of sp³-hybridized carbons (Fsp3) is 0.385. The van der Waals surface area contributed by atoms with Gasteiger partial charge in [-0.25, -0.2) is 4.98 Å². The van der Waals surface area contributed by atoms with Crippen molar-refractivity contribution in [3.05, 3.63) is 48.0 Å². The minimum absolute atomic E-state index is 0.533. The van der Waals surface area contributed by atoms with Gasteiger partial charge in [-0.2, -0.15) is 5.10 Å². The molecule has 0 amide bonds. The number of aromatic nitrogens is 3. The molecule has 0 bridgehead atoms. The number of hydrogen-bond acceptors (Lipinski definition) is 3. The minimum atomic E-state index is 0.533. The van der Waals surface area contributed by atoms with Crippen LogP contribution < -0.4 is 5.32 Å². The zero-order chi connectivity index (χ0) is 11.9. The van der Waals surface area contributed by atoms with Crippen molar-refractivity contribution in [2.45, 2.75) is 19.3 Å². The molecule has 4 nitrogen and oxygen atoms in total. The first-order valence-corrected chi connectivity index (χ1v) is 5.96. The molecular formula is C13H18N4. The van der Waals surface area contributed by atoms with E-state index in [2.05, 4.69) is 51.7 Å². The smallest absolute Gasteiger partial charge is 0.137 e. The van der Waals surface area contributed by atoms with E-state index in [9.17, 15) is 0 Å². The zero-order valence-corrected chi connectivity index (χ0v) is 10.1. The molecule has 0 aliphatic carbocycles. The molecule has 0 aliphatic rings. The van der Waals surface area contributed by atoms with Gasteiger partial charge in [0.05, 0.1) is 0 Å². The lowest BCUT2D eigenvalue weighted by Crippen LogP contribution is -2.22. The van der Waals surface area contributed by atoms with Crippen molar-refractivity contribution in [3.63, 3.8) is 0 Å². The Balaban J connectivity index is 1.68. The van der Waals surface area contributed by atoms with Gasteiger partial charge in [-0.3, -0.25) is 5.10 Å². The molecule has 0 radical (unpaired) electrons. The quantitative estimate of drug-likeness (QED) is 0.743. The number of aromatic amines is 1. The van der Waals surface area contributed by atoms with Crippen LogP contribution in [0.1, 0.15) is 24.2 Å². The van der Waals surface area contributed by atoms with Gasteiger partial charge in [0.25, 0.3) is 0 Å². The predicted octanol–water partition coefficient (Wildman–Crippen LogP) is 1.74. The highest BCUT2D eigenvalue weighted by Crippen LogP contribution is 2.12. The Bertz CT molecular complexity index is 410. The molecule has 0 saturated heterocycles. The van der Waals surface area contributed by atoms with E-state index in [1.54, 1.807) is 6.33 Å². The first-order chi connectivity index (χ1) is 8.36. The molecule has 4 heteroatoms. The number of benzene rings is 1. The largest absolute Gasteiger partial charge is 0.316 e. The second-order valence-corrected chi connectivity index (χ2v) is 4.20. The van der Waals surface area contributed by atoms with Gasteiger partial charge >= 0.3 is 0 Å². The Kier molecular flexibility index (Phi) is 4.27. The Morgan fingerprint density at radius 1 is 1.29 bits per heavy atom. The Morgan fingerprint density at radius 2 is 2.12 bits per heavy atom. The molecule has 1 aromatic carbocycles. The number of H-pyrrole nitrogens is 1. The Hall–Kier alpha value is -1.68. The molecule has 0 spiro atoms. The molecule has 2 N–H and O–H groups in total. The summed E-state index contributed by atoms with van der Waals surface area (Å²) in [5, 5.41) is 10.1. The lowest BCUT2D eigenvalue weighted by Gasteiger charge is -2.12. The molecule has 0 saturated carbocycles. The molecule has 1 unspecified atom stereocenters. The monoisotopic (exact) mass is 230 g/mol. The highest BCUT2D eigenvalue weighted by Gasteiger charge is 2.03. The van der Waals surface area contributed by atoms with E-state index in [0.29, 0.717) is 5.92 Å². The first-order valence-electron chi connectivity index (χ1n) is 5.96. The van der Waals surface area contributed by atoms with Crippen molar-refractivity contribution in [1.82, 2.24) is 20.5 Å². The normalized spacial score (nSPS) is 12.5. The van der Waals surface area contributed by atoms with E-state index in [4.69, 9.17) is 0 Å². The Labute approximate surface area is 101 Å². The fourth-order valence-electron chi connectivity index (χ4n) is 1.78. The van der Waals surface area contributed by atoms with Crippen LogP contribution in [0.15, 0.2) is 36.7 Å². The van der Waals surface area contributed by atoms with Gasteiger partial charge in [0.15, 0.2) is 0 Å². The van der Waals surface area contributed by atoms with Crippen molar-refractivity contribution in [2.75, 3.05) is 13.1 Å². The van der Waals surface area contributed by atoms with Crippen molar-refractivity contribution in [2.24, 2.45) is 0 Å². The highest BCUT2D eigenvalue weighted by atomic mass is 15.2. The number of hydrogen-bond donors (Lipinski definition) is 2. The minimum Gasteiger partial charge on any atom is -0.316 e. The van der Waals surface area contributed by atoms with E-state index >= 15 is 0 Å². The Morgan fingerprint density at radius 3 is 2.82 bits per heavy atom. The number of nitrogens with one attached hydrogen (secondary N) is 2. The maximum Gasteiger partial charge on any atom is 0.137 e. The molecule has 90 valence electrons. The standard InChI is InChI=1S/C13H18N4/c1-11(12-5-3-2-4-6-12)9-14-8-7-13-15-10-16-17-13/h2-6,10-11,14H,7-9H2,1H3,(H,15,16,17). The summed E-state index contributed by atoms with van der Waals surface area (Å²) in [6, 6.07) is 10.6.